The normalized spacial score (nSPS) is 16.2. The SMILES string of the molecule is COc1cc(COc2ccc(CNC3CCNC3=O)cc2)cc(OC)c1. The molecule has 2 aromatic carbocycles. The van der Waals surface area contributed by atoms with Crippen LogP contribution in [0.2, 0.25) is 0 Å². The minimum absolute atomic E-state index is 0.0821. The maximum atomic E-state index is 11.5. The fourth-order valence-electron chi connectivity index (χ4n) is 2.85. The Bertz CT molecular complexity index is 724. The zero-order chi connectivity index (χ0) is 18.4. The highest BCUT2D eigenvalue weighted by molar-refractivity contribution is 5.83. The Kier molecular flexibility index (Phi) is 5.96. The molecular weight excluding hydrogens is 332 g/mol. The van der Waals surface area contributed by atoms with Gasteiger partial charge in [0.2, 0.25) is 5.91 Å². The van der Waals surface area contributed by atoms with Gasteiger partial charge in [0.05, 0.1) is 20.3 Å². The summed E-state index contributed by atoms with van der Waals surface area (Å²) in [7, 11) is 3.25. The van der Waals surface area contributed by atoms with Crippen LogP contribution in [0.5, 0.6) is 17.2 Å². The van der Waals surface area contributed by atoms with E-state index in [1.807, 2.05) is 42.5 Å². The molecule has 0 bridgehead atoms. The molecule has 0 aromatic heterocycles. The molecule has 2 aromatic rings. The van der Waals surface area contributed by atoms with Crippen LogP contribution in [-0.4, -0.2) is 32.7 Å². The molecule has 1 amide bonds. The fourth-order valence-corrected chi connectivity index (χ4v) is 2.85. The zero-order valence-corrected chi connectivity index (χ0v) is 15.1. The molecule has 26 heavy (non-hydrogen) atoms. The van der Waals surface area contributed by atoms with Crippen molar-refractivity contribution in [1.29, 1.82) is 0 Å². The summed E-state index contributed by atoms with van der Waals surface area (Å²) in [5.41, 5.74) is 2.08. The highest BCUT2D eigenvalue weighted by Crippen LogP contribution is 2.23. The Morgan fingerprint density at radius 1 is 1.00 bits per heavy atom. The second-order valence-corrected chi connectivity index (χ2v) is 6.17. The lowest BCUT2D eigenvalue weighted by Crippen LogP contribution is -2.35. The molecule has 1 saturated heterocycles. The van der Waals surface area contributed by atoms with E-state index in [0.29, 0.717) is 13.2 Å². The summed E-state index contributed by atoms with van der Waals surface area (Å²) in [6, 6.07) is 13.5. The summed E-state index contributed by atoms with van der Waals surface area (Å²) >= 11 is 0. The van der Waals surface area contributed by atoms with Gasteiger partial charge in [0.1, 0.15) is 23.9 Å². The number of benzene rings is 2. The van der Waals surface area contributed by atoms with E-state index < -0.39 is 0 Å². The quantitative estimate of drug-likeness (QED) is 0.759. The maximum Gasteiger partial charge on any atom is 0.237 e. The summed E-state index contributed by atoms with van der Waals surface area (Å²) in [6.07, 6.45) is 0.837. The molecule has 1 unspecified atom stereocenters. The van der Waals surface area contributed by atoms with Crippen molar-refractivity contribution >= 4 is 5.91 Å². The summed E-state index contributed by atoms with van der Waals surface area (Å²) in [5, 5.41) is 6.09. The molecule has 1 fully saturated rings. The van der Waals surface area contributed by atoms with Gasteiger partial charge in [-0.15, -0.1) is 0 Å². The van der Waals surface area contributed by atoms with E-state index in [-0.39, 0.29) is 11.9 Å². The largest absolute Gasteiger partial charge is 0.497 e. The number of hydrogen-bond donors (Lipinski definition) is 2. The van der Waals surface area contributed by atoms with Gasteiger partial charge in [0.25, 0.3) is 0 Å². The number of ether oxygens (including phenoxy) is 3. The average Bonchev–Trinajstić information content (AvgIpc) is 3.10. The Morgan fingerprint density at radius 2 is 1.69 bits per heavy atom. The van der Waals surface area contributed by atoms with Crippen molar-refractivity contribution in [3.8, 4) is 17.2 Å². The molecule has 0 saturated carbocycles. The smallest absolute Gasteiger partial charge is 0.237 e. The third kappa shape index (κ3) is 4.67. The predicted molar refractivity (Wildman–Crippen MR) is 98.6 cm³/mol. The number of hydrogen-bond acceptors (Lipinski definition) is 5. The van der Waals surface area contributed by atoms with E-state index in [0.717, 1.165) is 41.3 Å². The zero-order valence-electron chi connectivity index (χ0n) is 15.1. The third-order valence-electron chi connectivity index (χ3n) is 4.34. The van der Waals surface area contributed by atoms with Gasteiger partial charge in [-0.3, -0.25) is 4.79 Å². The first-order valence-electron chi connectivity index (χ1n) is 8.62. The van der Waals surface area contributed by atoms with Gasteiger partial charge in [-0.25, -0.2) is 0 Å². The van der Waals surface area contributed by atoms with Crippen LogP contribution in [0.1, 0.15) is 17.5 Å². The number of methoxy groups -OCH3 is 2. The molecule has 0 aliphatic carbocycles. The second kappa shape index (κ2) is 8.58. The first-order valence-corrected chi connectivity index (χ1v) is 8.62. The lowest BCUT2D eigenvalue weighted by Gasteiger charge is -2.12. The van der Waals surface area contributed by atoms with Crippen LogP contribution in [0.15, 0.2) is 42.5 Å². The molecule has 0 spiro atoms. The number of nitrogens with one attached hydrogen (secondary N) is 2. The lowest BCUT2D eigenvalue weighted by atomic mass is 10.2. The molecule has 6 heteroatoms. The van der Waals surface area contributed by atoms with Crippen molar-refractivity contribution in [3.63, 3.8) is 0 Å². The fraction of sp³-hybridized carbons (Fsp3) is 0.350. The first-order chi connectivity index (χ1) is 12.7. The molecular formula is C20H24N2O4. The monoisotopic (exact) mass is 356 g/mol. The van der Waals surface area contributed by atoms with Gasteiger partial charge >= 0.3 is 0 Å². The van der Waals surface area contributed by atoms with Gasteiger partial charge in [-0.05, 0) is 41.8 Å². The number of carbonyl (C=O) groups is 1. The Morgan fingerprint density at radius 3 is 2.27 bits per heavy atom. The summed E-state index contributed by atoms with van der Waals surface area (Å²) in [6.45, 7) is 1.83. The molecule has 1 aliphatic rings. The maximum absolute atomic E-state index is 11.5. The number of carbonyl (C=O) groups excluding carboxylic acids is 1. The molecule has 1 aliphatic heterocycles. The van der Waals surface area contributed by atoms with E-state index in [9.17, 15) is 4.79 Å². The van der Waals surface area contributed by atoms with Crippen molar-refractivity contribution in [1.82, 2.24) is 10.6 Å². The molecule has 2 N–H and O–H groups in total. The van der Waals surface area contributed by atoms with E-state index >= 15 is 0 Å². The van der Waals surface area contributed by atoms with Gasteiger partial charge in [-0.2, -0.15) is 0 Å². The average molecular weight is 356 g/mol. The summed E-state index contributed by atoms with van der Waals surface area (Å²) < 4.78 is 16.4. The van der Waals surface area contributed by atoms with Gasteiger partial charge in [0.15, 0.2) is 0 Å². The van der Waals surface area contributed by atoms with Crippen LogP contribution in [0.4, 0.5) is 0 Å². The van der Waals surface area contributed by atoms with Crippen LogP contribution in [-0.2, 0) is 17.9 Å². The Balaban J connectivity index is 1.53. The van der Waals surface area contributed by atoms with Crippen LogP contribution < -0.4 is 24.8 Å². The molecule has 1 heterocycles. The highest BCUT2D eigenvalue weighted by Gasteiger charge is 2.22. The molecule has 6 nitrogen and oxygen atoms in total. The summed E-state index contributed by atoms with van der Waals surface area (Å²) in [4.78, 5) is 11.5. The second-order valence-electron chi connectivity index (χ2n) is 6.17. The van der Waals surface area contributed by atoms with Crippen LogP contribution >= 0.6 is 0 Å². The van der Waals surface area contributed by atoms with Crippen LogP contribution in [0.25, 0.3) is 0 Å². The van der Waals surface area contributed by atoms with Gasteiger partial charge in [0, 0.05) is 19.2 Å². The van der Waals surface area contributed by atoms with Crippen molar-refractivity contribution in [2.24, 2.45) is 0 Å². The lowest BCUT2D eigenvalue weighted by molar-refractivity contribution is -0.120. The van der Waals surface area contributed by atoms with E-state index in [4.69, 9.17) is 14.2 Å². The molecule has 138 valence electrons. The van der Waals surface area contributed by atoms with Gasteiger partial charge < -0.3 is 24.8 Å². The Labute approximate surface area is 153 Å². The van der Waals surface area contributed by atoms with Gasteiger partial charge in [-0.1, -0.05) is 12.1 Å². The topological polar surface area (TPSA) is 68.8 Å². The number of rotatable bonds is 8. The first kappa shape index (κ1) is 18.1. The van der Waals surface area contributed by atoms with Crippen molar-refractivity contribution < 1.29 is 19.0 Å². The van der Waals surface area contributed by atoms with E-state index in [1.54, 1.807) is 14.2 Å². The molecule has 1 atom stereocenters. The molecule has 3 rings (SSSR count). The third-order valence-corrected chi connectivity index (χ3v) is 4.34. The van der Waals surface area contributed by atoms with Crippen LogP contribution in [0.3, 0.4) is 0 Å². The minimum atomic E-state index is -0.0889. The highest BCUT2D eigenvalue weighted by atomic mass is 16.5. The predicted octanol–water partition coefficient (Wildman–Crippen LogP) is 2.26. The molecule has 0 radical (unpaired) electrons. The summed E-state index contributed by atoms with van der Waals surface area (Å²) in [5.74, 6) is 2.34. The standard InChI is InChI=1S/C20H24N2O4/c1-24-17-9-15(10-18(11-17)25-2)13-26-16-5-3-14(4-6-16)12-22-19-7-8-21-20(19)23/h3-6,9-11,19,22H,7-8,12-13H2,1-2H3,(H,21,23). The van der Waals surface area contributed by atoms with Crippen molar-refractivity contribution in [2.75, 3.05) is 20.8 Å². The van der Waals surface area contributed by atoms with Crippen molar-refractivity contribution in [2.45, 2.75) is 25.6 Å². The van der Waals surface area contributed by atoms with Crippen LogP contribution in [0, 0.1) is 0 Å². The van der Waals surface area contributed by atoms with Crippen molar-refractivity contribution in [3.05, 3.63) is 53.6 Å². The van der Waals surface area contributed by atoms with E-state index in [1.165, 1.54) is 0 Å². The Hall–Kier alpha value is -2.73. The number of amides is 1. The van der Waals surface area contributed by atoms with E-state index in [2.05, 4.69) is 10.6 Å². The minimum Gasteiger partial charge on any atom is -0.497 e.